The van der Waals surface area contributed by atoms with Gasteiger partial charge in [-0.3, -0.25) is 9.88 Å². The summed E-state index contributed by atoms with van der Waals surface area (Å²) in [6.07, 6.45) is 3.76. The van der Waals surface area contributed by atoms with Gasteiger partial charge >= 0.3 is 0 Å². The number of benzene rings is 1. The molecule has 0 radical (unpaired) electrons. The van der Waals surface area contributed by atoms with Gasteiger partial charge in [-0.25, -0.2) is 0 Å². The maximum Gasteiger partial charge on any atom is 0.173 e. The SMILES string of the molecule is Cc1cccc(NC(=S)N2CCN(Cc3cccnc3)CC2)c1. The number of aryl methyl sites for hydroxylation is 1. The van der Waals surface area contributed by atoms with E-state index in [1.807, 2.05) is 24.5 Å². The van der Waals surface area contributed by atoms with Gasteiger partial charge in [-0.15, -0.1) is 0 Å². The Morgan fingerprint density at radius 3 is 2.70 bits per heavy atom. The van der Waals surface area contributed by atoms with Crippen LogP contribution >= 0.6 is 12.2 Å². The summed E-state index contributed by atoms with van der Waals surface area (Å²) in [4.78, 5) is 8.87. The summed E-state index contributed by atoms with van der Waals surface area (Å²) in [5, 5.41) is 4.16. The molecule has 0 amide bonds. The summed E-state index contributed by atoms with van der Waals surface area (Å²) in [6, 6.07) is 12.4. The molecule has 23 heavy (non-hydrogen) atoms. The highest BCUT2D eigenvalue weighted by Gasteiger charge is 2.19. The van der Waals surface area contributed by atoms with E-state index in [9.17, 15) is 0 Å². The number of anilines is 1. The summed E-state index contributed by atoms with van der Waals surface area (Å²) in [5.74, 6) is 0. The van der Waals surface area contributed by atoms with E-state index < -0.39 is 0 Å². The van der Waals surface area contributed by atoms with Crippen LogP contribution in [0.1, 0.15) is 11.1 Å². The minimum absolute atomic E-state index is 0.816. The third-order valence-corrected chi connectivity index (χ3v) is 4.42. The predicted octanol–water partition coefficient (Wildman–Crippen LogP) is 2.90. The third-order valence-electron chi connectivity index (χ3n) is 4.06. The maximum absolute atomic E-state index is 5.55. The van der Waals surface area contributed by atoms with Gasteiger partial charge in [0.2, 0.25) is 0 Å². The van der Waals surface area contributed by atoms with Gasteiger partial charge in [0, 0.05) is 50.8 Å². The van der Waals surface area contributed by atoms with Crippen molar-refractivity contribution in [3.63, 3.8) is 0 Å². The molecule has 120 valence electrons. The van der Waals surface area contributed by atoms with Crippen LogP contribution in [0.4, 0.5) is 5.69 Å². The molecule has 5 heteroatoms. The van der Waals surface area contributed by atoms with Crippen LogP contribution in [0.2, 0.25) is 0 Å². The standard InChI is InChI=1S/C18H22N4S/c1-15-4-2-6-17(12-15)20-18(23)22-10-8-21(9-11-22)14-16-5-3-7-19-13-16/h2-7,12-13H,8-11,14H2,1H3,(H,20,23). The van der Waals surface area contributed by atoms with Crippen LogP contribution in [0, 0.1) is 6.92 Å². The second-order valence-electron chi connectivity index (χ2n) is 5.92. The molecule has 0 atom stereocenters. The smallest absolute Gasteiger partial charge is 0.173 e. The Labute approximate surface area is 143 Å². The quantitative estimate of drug-likeness (QED) is 0.877. The van der Waals surface area contributed by atoms with Crippen LogP contribution in [0.3, 0.4) is 0 Å². The van der Waals surface area contributed by atoms with Crippen molar-refractivity contribution in [2.45, 2.75) is 13.5 Å². The molecule has 0 saturated carbocycles. The molecule has 0 spiro atoms. The molecule has 1 fully saturated rings. The summed E-state index contributed by atoms with van der Waals surface area (Å²) in [7, 11) is 0. The number of thiocarbonyl (C=S) groups is 1. The molecular weight excluding hydrogens is 304 g/mol. The highest BCUT2D eigenvalue weighted by molar-refractivity contribution is 7.80. The lowest BCUT2D eigenvalue weighted by atomic mass is 10.2. The predicted molar refractivity (Wildman–Crippen MR) is 98.5 cm³/mol. The van der Waals surface area contributed by atoms with E-state index in [0.717, 1.165) is 43.5 Å². The molecule has 1 saturated heterocycles. The highest BCUT2D eigenvalue weighted by atomic mass is 32.1. The Kier molecular flexibility index (Phi) is 5.20. The van der Waals surface area contributed by atoms with E-state index in [1.54, 1.807) is 0 Å². The first-order chi connectivity index (χ1) is 11.2. The molecule has 2 heterocycles. The lowest BCUT2D eigenvalue weighted by Crippen LogP contribution is -2.49. The van der Waals surface area contributed by atoms with E-state index in [2.05, 4.69) is 51.3 Å². The number of rotatable bonds is 3. The van der Waals surface area contributed by atoms with Crippen molar-refractivity contribution in [3.8, 4) is 0 Å². The molecule has 2 aromatic rings. The van der Waals surface area contributed by atoms with Crippen LogP contribution in [-0.2, 0) is 6.54 Å². The summed E-state index contributed by atoms with van der Waals surface area (Å²) in [5.41, 5.74) is 3.56. The van der Waals surface area contributed by atoms with Crippen LogP contribution in [-0.4, -0.2) is 46.1 Å². The molecule has 1 aliphatic heterocycles. The first kappa shape index (κ1) is 15.9. The van der Waals surface area contributed by atoms with E-state index in [0.29, 0.717) is 0 Å². The fraction of sp³-hybridized carbons (Fsp3) is 0.333. The second kappa shape index (κ2) is 7.53. The largest absolute Gasteiger partial charge is 0.346 e. The summed E-state index contributed by atoms with van der Waals surface area (Å²) in [6.45, 7) is 7.00. The monoisotopic (exact) mass is 326 g/mol. The Morgan fingerprint density at radius 1 is 1.17 bits per heavy atom. The van der Waals surface area contributed by atoms with Crippen LogP contribution in [0.25, 0.3) is 0 Å². The van der Waals surface area contributed by atoms with E-state index in [4.69, 9.17) is 12.2 Å². The normalized spacial score (nSPS) is 15.4. The molecule has 0 unspecified atom stereocenters. The molecule has 3 rings (SSSR count). The number of hydrogen-bond acceptors (Lipinski definition) is 3. The molecule has 4 nitrogen and oxygen atoms in total. The van der Waals surface area contributed by atoms with Crippen LogP contribution in [0.15, 0.2) is 48.8 Å². The van der Waals surface area contributed by atoms with Crippen molar-refractivity contribution >= 4 is 23.0 Å². The number of nitrogens with one attached hydrogen (secondary N) is 1. The van der Waals surface area contributed by atoms with Gasteiger partial charge in [-0.2, -0.15) is 0 Å². The number of hydrogen-bond donors (Lipinski definition) is 1. The van der Waals surface area contributed by atoms with Crippen molar-refractivity contribution in [2.24, 2.45) is 0 Å². The zero-order valence-corrected chi connectivity index (χ0v) is 14.2. The van der Waals surface area contributed by atoms with E-state index in [1.165, 1.54) is 11.1 Å². The number of pyridine rings is 1. The van der Waals surface area contributed by atoms with Gasteiger partial charge < -0.3 is 10.2 Å². The van der Waals surface area contributed by atoms with E-state index in [-0.39, 0.29) is 0 Å². The van der Waals surface area contributed by atoms with Crippen molar-refractivity contribution in [2.75, 3.05) is 31.5 Å². The molecule has 0 aliphatic carbocycles. The summed E-state index contributed by atoms with van der Waals surface area (Å²) >= 11 is 5.55. The molecule has 0 bridgehead atoms. The molecule has 1 N–H and O–H groups in total. The van der Waals surface area contributed by atoms with Crippen molar-refractivity contribution in [1.82, 2.24) is 14.8 Å². The van der Waals surface area contributed by atoms with Crippen molar-refractivity contribution in [1.29, 1.82) is 0 Å². The fourth-order valence-electron chi connectivity index (χ4n) is 2.78. The van der Waals surface area contributed by atoms with Gasteiger partial charge in [0.25, 0.3) is 0 Å². The zero-order chi connectivity index (χ0) is 16.1. The summed E-state index contributed by atoms with van der Waals surface area (Å²) < 4.78 is 0. The number of aromatic nitrogens is 1. The molecular formula is C18H22N4S. The average Bonchev–Trinajstić information content (AvgIpc) is 2.56. The lowest BCUT2D eigenvalue weighted by Gasteiger charge is -2.36. The maximum atomic E-state index is 5.55. The Balaban J connectivity index is 1.49. The third kappa shape index (κ3) is 4.50. The van der Waals surface area contributed by atoms with Gasteiger partial charge in [-0.1, -0.05) is 18.2 Å². The van der Waals surface area contributed by atoms with Gasteiger partial charge in [0.15, 0.2) is 5.11 Å². The minimum atomic E-state index is 0.816. The van der Waals surface area contributed by atoms with Crippen LogP contribution in [0.5, 0.6) is 0 Å². The van der Waals surface area contributed by atoms with Gasteiger partial charge in [-0.05, 0) is 48.5 Å². The number of piperazine rings is 1. The topological polar surface area (TPSA) is 31.4 Å². The first-order valence-corrected chi connectivity index (χ1v) is 8.35. The number of nitrogens with zero attached hydrogens (tertiary/aromatic N) is 3. The molecule has 1 aromatic carbocycles. The molecule has 1 aliphatic rings. The fourth-order valence-corrected chi connectivity index (χ4v) is 3.08. The Bertz CT molecular complexity index is 651. The first-order valence-electron chi connectivity index (χ1n) is 7.94. The Morgan fingerprint density at radius 2 is 2.00 bits per heavy atom. The molecule has 1 aromatic heterocycles. The van der Waals surface area contributed by atoms with Gasteiger partial charge in [0.1, 0.15) is 0 Å². The van der Waals surface area contributed by atoms with E-state index >= 15 is 0 Å². The zero-order valence-electron chi connectivity index (χ0n) is 13.4. The average molecular weight is 326 g/mol. The second-order valence-corrected chi connectivity index (χ2v) is 6.31. The Hall–Kier alpha value is -1.98. The van der Waals surface area contributed by atoms with Crippen molar-refractivity contribution in [3.05, 3.63) is 59.9 Å². The minimum Gasteiger partial charge on any atom is -0.346 e. The lowest BCUT2D eigenvalue weighted by molar-refractivity contribution is 0.177. The van der Waals surface area contributed by atoms with Crippen LogP contribution < -0.4 is 5.32 Å². The van der Waals surface area contributed by atoms with Gasteiger partial charge in [0.05, 0.1) is 0 Å². The highest BCUT2D eigenvalue weighted by Crippen LogP contribution is 2.12. The van der Waals surface area contributed by atoms with Crippen molar-refractivity contribution < 1.29 is 0 Å².